The molecule has 1 aliphatic rings. The number of rotatable bonds is 7. The van der Waals surface area contributed by atoms with E-state index in [0.29, 0.717) is 17.0 Å². The molecule has 1 aliphatic heterocycles. The van der Waals surface area contributed by atoms with Crippen molar-refractivity contribution in [3.8, 4) is 5.75 Å². The monoisotopic (exact) mass is 497 g/mol. The third-order valence-corrected chi connectivity index (χ3v) is 5.74. The van der Waals surface area contributed by atoms with Gasteiger partial charge in [0.1, 0.15) is 11.6 Å². The summed E-state index contributed by atoms with van der Waals surface area (Å²) in [6.07, 6.45) is 4.30. The molecule has 0 unspecified atom stereocenters. The minimum absolute atomic E-state index is 0.210. The molecule has 166 valence electrons. The number of nitrogens with one attached hydrogen (secondary N) is 2. The Morgan fingerprint density at radius 3 is 2.69 bits per heavy atom. The Kier molecular flexibility index (Phi) is 7.16. The summed E-state index contributed by atoms with van der Waals surface area (Å²) in [6, 6.07) is 14.1. The number of ether oxygens (including phenoxy) is 1. The van der Waals surface area contributed by atoms with E-state index in [1.807, 2.05) is 12.1 Å². The van der Waals surface area contributed by atoms with Gasteiger partial charge in [-0.2, -0.15) is 0 Å². The van der Waals surface area contributed by atoms with Crippen LogP contribution in [0.2, 0.25) is 0 Å². The van der Waals surface area contributed by atoms with Gasteiger partial charge >= 0.3 is 0 Å². The number of para-hydroxylation sites is 1. The molecule has 1 aromatic heterocycles. The van der Waals surface area contributed by atoms with E-state index in [0.717, 1.165) is 41.9 Å². The van der Waals surface area contributed by atoms with Crippen LogP contribution in [-0.2, 0) is 24.3 Å². The highest BCUT2D eigenvalue weighted by Gasteiger charge is 2.17. The predicted molar refractivity (Wildman–Crippen MR) is 123 cm³/mol. The second kappa shape index (κ2) is 10.4. The molecule has 0 fully saturated rings. The smallest absolute Gasteiger partial charge is 0.262 e. The topological polar surface area (TPSA) is 98.1 Å². The molecule has 0 radical (unpaired) electrons. The Bertz CT molecular complexity index is 1100. The number of carbonyl (C=O) groups excluding carboxylic acids is 2. The van der Waals surface area contributed by atoms with Crippen molar-refractivity contribution in [2.75, 3.05) is 11.9 Å². The summed E-state index contributed by atoms with van der Waals surface area (Å²) in [5.41, 5.74) is 1.03. The number of carbonyl (C=O) groups is 2. The van der Waals surface area contributed by atoms with Gasteiger partial charge in [-0.05, 0) is 49.2 Å². The van der Waals surface area contributed by atoms with E-state index >= 15 is 0 Å². The molecule has 0 atom stereocenters. The van der Waals surface area contributed by atoms with E-state index in [2.05, 4.69) is 41.3 Å². The molecule has 2 N–H and O–H groups in total. The van der Waals surface area contributed by atoms with Gasteiger partial charge in [0.15, 0.2) is 12.4 Å². The van der Waals surface area contributed by atoms with Crippen LogP contribution in [0.1, 0.15) is 41.3 Å². The number of hydrogen-bond acceptors (Lipinski definition) is 5. The van der Waals surface area contributed by atoms with Crippen LogP contribution in [0.3, 0.4) is 0 Å². The molecule has 4 rings (SSSR count). The maximum Gasteiger partial charge on any atom is 0.262 e. The number of aromatic nitrogens is 3. The van der Waals surface area contributed by atoms with Gasteiger partial charge in [0.2, 0.25) is 0 Å². The van der Waals surface area contributed by atoms with Crippen LogP contribution < -0.4 is 15.4 Å². The van der Waals surface area contributed by atoms with Gasteiger partial charge in [-0.3, -0.25) is 9.59 Å². The first-order valence-corrected chi connectivity index (χ1v) is 11.4. The highest BCUT2D eigenvalue weighted by molar-refractivity contribution is 9.10. The fourth-order valence-electron chi connectivity index (χ4n) is 3.58. The standard InChI is InChI=1S/C23H24BrN5O3/c24-16-9-11-17(12-10-16)26-22(30)15-32-19-7-4-3-6-18(19)23(31)25-14-21-28-27-20-8-2-1-5-13-29(20)21/h3-4,6-7,9-12H,1-2,5,8,13-15H2,(H,25,31)(H,26,30). The average Bonchev–Trinajstić information content (AvgIpc) is 3.03. The molecule has 3 aromatic rings. The maximum absolute atomic E-state index is 12.8. The summed E-state index contributed by atoms with van der Waals surface area (Å²) < 4.78 is 8.67. The predicted octanol–water partition coefficient (Wildman–Crippen LogP) is 3.71. The first-order valence-electron chi connectivity index (χ1n) is 10.6. The maximum atomic E-state index is 12.8. The number of aryl methyl sites for hydroxylation is 1. The van der Waals surface area contributed by atoms with Crippen molar-refractivity contribution in [2.24, 2.45) is 0 Å². The van der Waals surface area contributed by atoms with E-state index in [-0.39, 0.29) is 25.0 Å². The van der Waals surface area contributed by atoms with Crippen LogP contribution in [-0.4, -0.2) is 33.2 Å². The Labute approximate surface area is 194 Å². The average molecular weight is 498 g/mol. The zero-order valence-electron chi connectivity index (χ0n) is 17.5. The molecule has 0 saturated carbocycles. The number of amides is 2. The Balaban J connectivity index is 1.35. The molecule has 0 saturated heterocycles. The van der Waals surface area contributed by atoms with Crippen LogP contribution in [0.4, 0.5) is 5.69 Å². The molecule has 0 aliphatic carbocycles. The number of halogens is 1. The van der Waals surface area contributed by atoms with Gasteiger partial charge < -0.3 is 19.9 Å². The van der Waals surface area contributed by atoms with Crippen LogP contribution in [0.15, 0.2) is 53.0 Å². The van der Waals surface area contributed by atoms with Crippen LogP contribution in [0.5, 0.6) is 5.75 Å². The van der Waals surface area contributed by atoms with Gasteiger partial charge in [-0.15, -0.1) is 10.2 Å². The van der Waals surface area contributed by atoms with E-state index in [1.54, 1.807) is 36.4 Å². The summed E-state index contributed by atoms with van der Waals surface area (Å²) in [5, 5.41) is 14.2. The van der Waals surface area contributed by atoms with Crippen molar-refractivity contribution in [1.82, 2.24) is 20.1 Å². The number of fused-ring (bicyclic) bond motifs is 1. The van der Waals surface area contributed by atoms with Crippen LogP contribution >= 0.6 is 15.9 Å². The third kappa shape index (κ3) is 5.53. The van der Waals surface area contributed by atoms with Gasteiger partial charge in [0, 0.05) is 23.1 Å². The second-order valence-electron chi connectivity index (χ2n) is 7.52. The first kappa shape index (κ1) is 22.0. The molecular weight excluding hydrogens is 474 g/mol. The quantitative estimate of drug-likeness (QED) is 0.518. The molecule has 0 spiro atoms. The number of benzene rings is 2. The molecule has 2 heterocycles. The summed E-state index contributed by atoms with van der Waals surface area (Å²) in [5.74, 6) is 1.47. The van der Waals surface area contributed by atoms with E-state index in [9.17, 15) is 9.59 Å². The summed E-state index contributed by atoms with van der Waals surface area (Å²) in [7, 11) is 0. The fourth-order valence-corrected chi connectivity index (χ4v) is 3.85. The number of nitrogens with zero attached hydrogens (tertiary/aromatic N) is 3. The lowest BCUT2D eigenvalue weighted by molar-refractivity contribution is -0.118. The van der Waals surface area contributed by atoms with E-state index in [1.165, 1.54) is 6.42 Å². The lowest BCUT2D eigenvalue weighted by atomic mass is 10.2. The first-order chi connectivity index (χ1) is 15.6. The summed E-state index contributed by atoms with van der Waals surface area (Å²) in [4.78, 5) is 25.0. The fraction of sp³-hybridized carbons (Fsp3) is 0.304. The van der Waals surface area contributed by atoms with Crippen molar-refractivity contribution in [3.05, 3.63) is 70.2 Å². The minimum Gasteiger partial charge on any atom is -0.483 e. The lowest BCUT2D eigenvalue weighted by Gasteiger charge is -2.12. The summed E-state index contributed by atoms with van der Waals surface area (Å²) >= 11 is 3.36. The zero-order valence-corrected chi connectivity index (χ0v) is 19.1. The van der Waals surface area contributed by atoms with E-state index in [4.69, 9.17) is 4.74 Å². The molecule has 9 heteroatoms. The lowest BCUT2D eigenvalue weighted by Crippen LogP contribution is -2.26. The Morgan fingerprint density at radius 2 is 1.84 bits per heavy atom. The molecule has 8 nitrogen and oxygen atoms in total. The Morgan fingerprint density at radius 1 is 1.03 bits per heavy atom. The van der Waals surface area contributed by atoms with Crippen molar-refractivity contribution in [3.63, 3.8) is 0 Å². The van der Waals surface area contributed by atoms with Crippen molar-refractivity contribution in [2.45, 2.75) is 38.8 Å². The van der Waals surface area contributed by atoms with Crippen molar-refractivity contribution in [1.29, 1.82) is 0 Å². The third-order valence-electron chi connectivity index (χ3n) is 5.21. The molecule has 32 heavy (non-hydrogen) atoms. The second-order valence-corrected chi connectivity index (χ2v) is 8.43. The van der Waals surface area contributed by atoms with Gasteiger partial charge in [0.25, 0.3) is 11.8 Å². The molecule has 2 amide bonds. The van der Waals surface area contributed by atoms with Crippen LogP contribution in [0, 0.1) is 0 Å². The van der Waals surface area contributed by atoms with Gasteiger partial charge in [0.05, 0.1) is 12.1 Å². The molecule has 2 aromatic carbocycles. The largest absolute Gasteiger partial charge is 0.483 e. The highest BCUT2D eigenvalue weighted by Crippen LogP contribution is 2.19. The zero-order chi connectivity index (χ0) is 22.3. The Hall–Kier alpha value is -3.20. The molecular formula is C23H24BrN5O3. The van der Waals surface area contributed by atoms with Gasteiger partial charge in [-0.1, -0.05) is 34.5 Å². The van der Waals surface area contributed by atoms with E-state index < -0.39 is 0 Å². The number of anilines is 1. The minimum atomic E-state index is -0.311. The number of hydrogen-bond donors (Lipinski definition) is 2. The SMILES string of the molecule is O=C(COc1ccccc1C(=O)NCc1nnc2n1CCCCC2)Nc1ccc(Br)cc1. The van der Waals surface area contributed by atoms with Crippen molar-refractivity contribution >= 4 is 33.4 Å². The van der Waals surface area contributed by atoms with Crippen LogP contribution in [0.25, 0.3) is 0 Å². The highest BCUT2D eigenvalue weighted by atomic mass is 79.9. The van der Waals surface area contributed by atoms with Gasteiger partial charge in [-0.25, -0.2) is 0 Å². The van der Waals surface area contributed by atoms with Crippen molar-refractivity contribution < 1.29 is 14.3 Å². The normalized spacial score (nSPS) is 13.0. The summed E-state index contributed by atoms with van der Waals surface area (Å²) in [6.45, 7) is 0.947. The molecule has 0 bridgehead atoms.